The van der Waals surface area contributed by atoms with Gasteiger partial charge in [0.25, 0.3) is 0 Å². The first kappa shape index (κ1) is 15.9. The van der Waals surface area contributed by atoms with Crippen molar-refractivity contribution in [2.45, 2.75) is 30.8 Å². The van der Waals surface area contributed by atoms with Gasteiger partial charge in [-0.25, -0.2) is 0 Å². The van der Waals surface area contributed by atoms with Crippen molar-refractivity contribution in [3.63, 3.8) is 0 Å². The molecular weight excluding hydrogens is 288 g/mol. The summed E-state index contributed by atoms with van der Waals surface area (Å²) in [5, 5.41) is 2.68. The van der Waals surface area contributed by atoms with E-state index in [2.05, 4.69) is 37.0 Å². The Morgan fingerprint density at radius 3 is 2.94 bits per heavy atom. The summed E-state index contributed by atoms with van der Waals surface area (Å²) in [6, 6.07) is 0. The van der Waals surface area contributed by atoms with Crippen molar-refractivity contribution >= 4 is 52.2 Å². The molecule has 0 bridgehead atoms. The predicted octanol–water partition coefficient (Wildman–Crippen LogP) is 4.14. The molecule has 5 heteroatoms. The molecule has 1 rings (SSSR count). The highest BCUT2D eigenvalue weighted by Gasteiger charge is 2.16. The monoisotopic (exact) mass is 308 g/mol. The van der Waals surface area contributed by atoms with Crippen molar-refractivity contribution in [1.29, 1.82) is 0 Å². The average molecular weight is 309 g/mol. The fourth-order valence-electron chi connectivity index (χ4n) is 1.32. The maximum absolute atomic E-state index is 11.4. The van der Waals surface area contributed by atoms with Crippen molar-refractivity contribution in [2.24, 2.45) is 0 Å². The molecule has 0 aromatic heterocycles. The molecule has 0 aliphatic carbocycles. The van der Waals surface area contributed by atoms with E-state index in [1.54, 1.807) is 6.92 Å². The Bertz CT molecular complexity index is 261. The van der Waals surface area contributed by atoms with Crippen LogP contribution in [0.25, 0.3) is 0 Å². The Hall–Kier alpha value is 0.810. The topological polar surface area (TPSA) is 17.1 Å². The van der Waals surface area contributed by atoms with Crippen molar-refractivity contribution in [3.8, 4) is 0 Å². The van der Waals surface area contributed by atoms with E-state index in [-0.39, 0.29) is 5.12 Å². The highest BCUT2D eigenvalue weighted by molar-refractivity contribution is 8.19. The second-order valence-corrected chi connectivity index (χ2v) is 9.38. The maximum atomic E-state index is 11.4. The van der Waals surface area contributed by atoms with Crippen LogP contribution in [0.1, 0.15) is 20.3 Å². The fraction of sp³-hybridized carbons (Fsp3) is 0.750. The second-order valence-electron chi connectivity index (χ2n) is 4.14. The third-order valence-electron chi connectivity index (χ3n) is 2.28. The molecule has 98 valence electrons. The van der Waals surface area contributed by atoms with Crippen LogP contribution in [0.15, 0.2) is 12.2 Å². The third kappa shape index (κ3) is 7.09. The summed E-state index contributed by atoms with van der Waals surface area (Å²) in [7, 11) is 0. The quantitative estimate of drug-likeness (QED) is 0.518. The molecule has 0 spiro atoms. The van der Waals surface area contributed by atoms with E-state index in [1.807, 2.05) is 11.8 Å². The average Bonchev–Trinajstić information content (AvgIpc) is 2.77. The summed E-state index contributed by atoms with van der Waals surface area (Å²) in [5.41, 5.74) is 0.659. The number of carbonyl (C=O) groups excluding carboxylic acids is 1. The lowest BCUT2D eigenvalue weighted by Gasteiger charge is -2.11. The van der Waals surface area contributed by atoms with E-state index in [0.717, 1.165) is 11.0 Å². The first-order chi connectivity index (χ1) is 8.09. The summed E-state index contributed by atoms with van der Waals surface area (Å²) in [4.78, 5) is 11.4. The van der Waals surface area contributed by atoms with Crippen LogP contribution in [0.5, 0.6) is 0 Å². The smallest absolute Gasteiger partial charge is 0.214 e. The fourth-order valence-corrected chi connectivity index (χ4v) is 6.47. The molecule has 0 aromatic rings. The SMILES string of the molecule is C=C(C)C(=O)SC(C)CSCCC1CSCS1. The summed E-state index contributed by atoms with van der Waals surface area (Å²) >= 11 is 7.55. The first-order valence-corrected chi connectivity index (χ1v) is 9.97. The van der Waals surface area contributed by atoms with Crippen LogP contribution in [0.2, 0.25) is 0 Å². The molecule has 1 fully saturated rings. The van der Waals surface area contributed by atoms with Gasteiger partial charge in [-0.1, -0.05) is 25.3 Å². The largest absolute Gasteiger partial charge is 0.282 e. The van der Waals surface area contributed by atoms with Gasteiger partial charge in [0.1, 0.15) is 0 Å². The lowest BCUT2D eigenvalue weighted by Crippen LogP contribution is -2.08. The number of hydrogen-bond acceptors (Lipinski definition) is 5. The highest BCUT2D eigenvalue weighted by Crippen LogP contribution is 2.32. The van der Waals surface area contributed by atoms with Crippen LogP contribution in [0.3, 0.4) is 0 Å². The predicted molar refractivity (Wildman–Crippen MR) is 87.5 cm³/mol. The second kappa shape index (κ2) is 8.83. The van der Waals surface area contributed by atoms with Gasteiger partial charge in [-0.05, 0) is 24.7 Å². The number of hydrogen-bond donors (Lipinski definition) is 0. The van der Waals surface area contributed by atoms with Gasteiger partial charge in [-0.15, -0.1) is 23.5 Å². The molecule has 1 aliphatic rings. The third-order valence-corrected chi connectivity index (χ3v) is 7.82. The number of rotatable bonds is 7. The van der Waals surface area contributed by atoms with Crippen molar-refractivity contribution < 1.29 is 4.79 Å². The molecule has 0 N–H and O–H groups in total. The first-order valence-electron chi connectivity index (χ1n) is 5.73. The molecule has 1 saturated heterocycles. The Balaban J connectivity index is 2.01. The van der Waals surface area contributed by atoms with Gasteiger partial charge in [0.15, 0.2) is 0 Å². The molecule has 0 amide bonds. The Kier molecular flexibility index (Phi) is 8.24. The standard InChI is InChI=1S/C12H20OS4/c1-9(2)12(13)17-10(3)6-14-5-4-11-7-15-8-16-11/h10-11H,1,4-8H2,2-3H3. The molecule has 17 heavy (non-hydrogen) atoms. The van der Waals surface area contributed by atoms with Crippen LogP contribution in [-0.2, 0) is 4.79 Å². The van der Waals surface area contributed by atoms with Crippen LogP contribution < -0.4 is 0 Å². The minimum absolute atomic E-state index is 0.140. The van der Waals surface area contributed by atoms with Gasteiger partial charge in [0, 0.05) is 27.1 Å². The van der Waals surface area contributed by atoms with E-state index >= 15 is 0 Å². The minimum Gasteiger partial charge on any atom is -0.282 e. The summed E-state index contributed by atoms with van der Waals surface area (Å²) < 4.78 is 0. The number of carbonyl (C=O) groups is 1. The molecule has 2 unspecified atom stereocenters. The van der Waals surface area contributed by atoms with Gasteiger partial charge in [-0.3, -0.25) is 4.79 Å². The lowest BCUT2D eigenvalue weighted by molar-refractivity contribution is -0.107. The molecular formula is C12H20OS4. The van der Waals surface area contributed by atoms with Gasteiger partial charge in [0.05, 0.1) is 0 Å². The Morgan fingerprint density at radius 1 is 1.59 bits per heavy atom. The highest BCUT2D eigenvalue weighted by atomic mass is 32.2. The summed E-state index contributed by atoms with van der Waals surface area (Å²) in [6.07, 6.45) is 1.31. The normalized spacial score (nSPS) is 21.4. The molecule has 1 nitrogen and oxygen atoms in total. The zero-order valence-electron chi connectivity index (χ0n) is 10.4. The van der Waals surface area contributed by atoms with Crippen molar-refractivity contribution in [2.75, 3.05) is 22.3 Å². The summed E-state index contributed by atoms with van der Waals surface area (Å²) in [5.74, 6) is 3.61. The number of thioether (sulfide) groups is 4. The molecule has 1 aliphatic heterocycles. The van der Waals surface area contributed by atoms with Gasteiger partial charge in [0.2, 0.25) is 5.12 Å². The van der Waals surface area contributed by atoms with Crippen LogP contribution in [0, 0.1) is 0 Å². The van der Waals surface area contributed by atoms with Crippen molar-refractivity contribution in [1.82, 2.24) is 0 Å². The summed E-state index contributed by atoms with van der Waals surface area (Å²) in [6.45, 7) is 7.58. The van der Waals surface area contributed by atoms with Gasteiger partial charge < -0.3 is 0 Å². The molecule has 0 saturated carbocycles. The molecule has 2 atom stereocenters. The van der Waals surface area contributed by atoms with Crippen molar-refractivity contribution in [3.05, 3.63) is 12.2 Å². The Labute approximate surface area is 122 Å². The minimum atomic E-state index is 0.140. The lowest BCUT2D eigenvalue weighted by atomic mass is 10.4. The van der Waals surface area contributed by atoms with E-state index in [4.69, 9.17) is 0 Å². The van der Waals surface area contributed by atoms with E-state index in [0.29, 0.717) is 10.8 Å². The Morgan fingerprint density at radius 2 is 2.35 bits per heavy atom. The van der Waals surface area contributed by atoms with Crippen LogP contribution in [0.4, 0.5) is 0 Å². The zero-order valence-corrected chi connectivity index (χ0v) is 13.7. The molecule has 1 heterocycles. The van der Waals surface area contributed by atoms with Crippen LogP contribution >= 0.6 is 47.0 Å². The van der Waals surface area contributed by atoms with E-state index < -0.39 is 0 Å². The van der Waals surface area contributed by atoms with Gasteiger partial charge in [-0.2, -0.15) is 11.8 Å². The zero-order chi connectivity index (χ0) is 12.7. The van der Waals surface area contributed by atoms with Crippen LogP contribution in [-0.4, -0.2) is 38.0 Å². The molecule has 0 radical (unpaired) electrons. The van der Waals surface area contributed by atoms with E-state index in [9.17, 15) is 4.79 Å². The van der Waals surface area contributed by atoms with E-state index in [1.165, 1.54) is 34.8 Å². The van der Waals surface area contributed by atoms with Gasteiger partial charge >= 0.3 is 0 Å². The molecule has 0 aromatic carbocycles. The maximum Gasteiger partial charge on any atom is 0.214 e.